The lowest BCUT2D eigenvalue weighted by Crippen LogP contribution is -1.97. The first-order valence-electron chi connectivity index (χ1n) is 3.86. The fourth-order valence-electron chi connectivity index (χ4n) is 1.40. The highest BCUT2D eigenvalue weighted by Crippen LogP contribution is 2.09. The average molecular weight is 162 g/mol. The molecule has 0 saturated heterocycles. The number of fused-ring (bicyclic) bond motifs is 1. The van der Waals surface area contributed by atoms with Crippen LogP contribution in [0.5, 0.6) is 0 Å². The van der Waals surface area contributed by atoms with Crippen molar-refractivity contribution < 1.29 is 5.11 Å². The largest absolute Gasteiger partial charge is 0.388 e. The number of hydrogen-bond acceptors (Lipinski definition) is 2. The van der Waals surface area contributed by atoms with Crippen LogP contribution < -0.4 is 0 Å². The SMILES string of the molecule is Cc1cccc2cnc(CO)n12. The predicted molar refractivity (Wildman–Crippen MR) is 45.9 cm³/mol. The highest BCUT2D eigenvalue weighted by atomic mass is 16.3. The molecule has 62 valence electrons. The fourth-order valence-corrected chi connectivity index (χ4v) is 1.40. The van der Waals surface area contributed by atoms with Crippen LogP contribution >= 0.6 is 0 Å². The fraction of sp³-hybridized carbons (Fsp3) is 0.222. The normalized spacial score (nSPS) is 10.8. The van der Waals surface area contributed by atoms with Gasteiger partial charge in [0.15, 0.2) is 0 Å². The first kappa shape index (κ1) is 7.31. The van der Waals surface area contributed by atoms with Crippen molar-refractivity contribution in [1.82, 2.24) is 9.38 Å². The second kappa shape index (κ2) is 2.60. The molecule has 2 aromatic rings. The highest BCUT2D eigenvalue weighted by Gasteiger charge is 2.02. The van der Waals surface area contributed by atoms with E-state index in [-0.39, 0.29) is 6.61 Å². The van der Waals surface area contributed by atoms with E-state index in [0.29, 0.717) is 5.82 Å². The van der Waals surface area contributed by atoms with Crippen molar-refractivity contribution in [1.29, 1.82) is 0 Å². The summed E-state index contributed by atoms with van der Waals surface area (Å²) < 4.78 is 1.94. The Balaban J connectivity index is 2.83. The standard InChI is InChI=1S/C9H10N2O/c1-7-3-2-4-8-5-10-9(6-12)11(7)8/h2-5,12H,6H2,1H3. The van der Waals surface area contributed by atoms with Crippen LogP contribution in [0.2, 0.25) is 0 Å². The molecule has 3 heteroatoms. The summed E-state index contributed by atoms with van der Waals surface area (Å²) in [4.78, 5) is 4.09. The van der Waals surface area contributed by atoms with Gasteiger partial charge in [0.25, 0.3) is 0 Å². The third kappa shape index (κ3) is 0.905. The number of aliphatic hydroxyl groups is 1. The maximum Gasteiger partial charge on any atom is 0.139 e. The zero-order valence-corrected chi connectivity index (χ0v) is 6.86. The van der Waals surface area contributed by atoms with Crippen molar-refractivity contribution in [3.05, 3.63) is 35.9 Å². The minimum atomic E-state index is -0.0149. The minimum absolute atomic E-state index is 0.0149. The molecule has 1 N–H and O–H groups in total. The molecule has 0 spiro atoms. The number of hydrogen-bond donors (Lipinski definition) is 1. The van der Waals surface area contributed by atoms with Crippen LogP contribution in [0.4, 0.5) is 0 Å². The van der Waals surface area contributed by atoms with Crippen LogP contribution in [0.3, 0.4) is 0 Å². The maximum atomic E-state index is 8.97. The van der Waals surface area contributed by atoms with Gasteiger partial charge in [-0.25, -0.2) is 4.98 Å². The van der Waals surface area contributed by atoms with Crippen molar-refractivity contribution >= 4 is 5.52 Å². The Bertz CT molecular complexity index is 406. The zero-order chi connectivity index (χ0) is 8.55. The van der Waals surface area contributed by atoms with Gasteiger partial charge in [0, 0.05) is 5.69 Å². The molecule has 2 rings (SSSR count). The lowest BCUT2D eigenvalue weighted by molar-refractivity contribution is 0.270. The van der Waals surface area contributed by atoms with Gasteiger partial charge in [-0.15, -0.1) is 0 Å². The molecule has 0 aliphatic rings. The second-order valence-corrected chi connectivity index (χ2v) is 2.76. The number of pyridine rings is 1. The summed E-state index contributed by atoms with van der Waals surface area (Å²) in [7, 11) is 0. The predicted octanol–water partition coefficient (Wildman–Crippen LogP) is 1.14. The molecular formula is C9H10N2O. The zero-order valence-electron chi connectivity index (χ0n) is 6.86. The molecule has 0 atom stereocenters. The minimum Gasteiger partial charge on any atom is -0.388 e. The van der Waals surface area contributed by atoms with E-state index in [2.05, 4.69) is 4.98 Å². The third-order valence-electron chi connectivity index (χ3n) is 1.96. The molecule has 0 saturated carbocycles. The smallest absolute Gasteiger partial charge is 0.139 e. The molecular weight excluding hydrogens is 152 g/mol. The first-order chi connectivity index (χ1) is 5.83. The molecule has 0 amide bonds. The van der Waals surface area contributed by atoms with Crippen LogP contribution in [0.15, 0.2) is 24.4 Å². The number of nitrogens with zero attached hydrogens (tertiary/aromatic N) is 2. The van der Waals surface area contributed by atoms with Crippen molar-refractivity contribution in [2.75, 3.05) is 0 Å². The Labute approximate surface area is 70.3 Å². The Hall–Kier alpha value is -1.35. The maximum absolute atomic E-state index is 8.97. The van der Waals surface area contributed by atoms with Crippen molar-refractivity contribution in [3.8, 4) is 0 Å². The van der Waals surface area contributed by atoms with Gasteiger partial charge >= 0.3 is 0 Å². The van der Waals surface area contributed by atoms with E-state index < -0.39 is 0 Å². The monoisotopic (exact) mass is 162 g/mol. The average Bonchev–Trinajstić information content (AvgIpc) is 2.49. The Morgan fingerprint density at radius 1 is 1.50 bits per heavy atom. The quantitative estimate of drug-likeness (QED) is 0.682. The van der Waals surface area contributed by atoms with Gasteiger partial charge in [0.1, 0.15) is 12.4 Å². The molecule has 0 aliphatic carbocycles. The Morgan fingerprint density at radius 2 is 2.33 bits per heavy atom. The summed E-state index contributed by atoms with van der Waals surface area (Å²) in [6.45, 7) is 1.98. The Morgan fingerprint density at radius 3 is 3.08 bits per heavy atom. The molecule has 2 aromatic heterocycles. The van der Waals surface area contributed by atoms with Crippen molar-refractivity contribution in [2.45, 2.75) is 13.5 Å². The molecule has 0 aliphatic heterocycles. The van der Waals surface area contributed by atoms with E-state index in [4.69, 9.17) is 5.11 Å². The van der Waals surface area contributed by atoms with Gasteiger partial charge in [0.2, 0.25) is 0 Å². The summed E-state index contributed by atoms with van der Waals surface area (Å²) in [5.41, 5.74) is 2.12. The van der Waals surface area contributed by atoms with Gasteiger partial charge in [-0.1, -0.05) is 6.07 Å². The number of aryl methyl sites for hydroxylation is 1. The second-order valence-electron chi connectivity index (χ2n) is 2.76. The van der Waals surface area contributed by atoms with Gasteiger partial charge in [-0.05, 0) is 19.1 Å². The van der Waals surface area contributed by atoms with E-state index in [9.17, 15) is 0 Å². The summed E-state index contributed by atoms with van der Waals surface area (Å²) in [5, 5.41) is 8.97. The first-order valence-corrected chi connectivity index (χ1v) is 3.86. The van der Waals surface area contributed by atoms with Gasteiger partial charge in [-0.3, -0.25) is 4.40 Å². The van der Waals surface area contributed by atoms with Crippen molar-refractivity contribution in [3.63, 3.8) is 0 Å². The number of aliphatic hydroxyl groups excluding tert-OH is 1. The van der Waals surface area contributed by atoms with Crippen LogP contribution in [-0.4, -0.2) is 14.5 Å². The molecule has 0 aromatic carbocycles. The van der Waals surface area contributed by atoms with Crippen LogP contribution in [0.1, 0.15) is 11.5 Å². The number of imidazole rings is 1. The lowest BCUT2D eigenvalue weighted by atomic mass is 10.3. The molecule has 3 nitrogen and oxygen atoms in total. The van der Waals surface area contributed by atoms with Crippen LogP contribution in [0.25, 0.3) is 5.52 Å². The summed E-state index contributed by atoms with van der Waals surface area (Å²) in [6, 6.07) is 5.94. The summed E-state index contributed by atoms with van der Waals surface area (Å²) in [5.74, 6) is 0.697. The molecule has 0 unspecified atom stereocenters. The summed E-state index contributed by atoms with van der Waals surface area (Å²) in [6.07, 6.45) is 1.76. The topological polar surface area (TPSA) is 37.5 Å². The van der Waals surface area contributed by atoms with Gasteiger partial charge in [0.05, 0.1) is 11.7 Å². The van der Waals surface area contributed by atoms with E-state index in [1.54, 1.807) is 6.20 Å². The molecule has 0 fully saturated rings. The van der Waals surface area contributed by atoms with E-state index in [1.807, 2.05) is 29.5 Å². The van der Waals surface area contributed by atoms with Gasteiger partial charge < -0.3 is 5.11 Å². The number of rotatable bonds is 1. The van der Waals surface area contributed by atoms with Crippen molar-refractivity contribution in [2.24, 2.45) is 0 Å². The molecule has 12 heavy (non-hydrogen) atoms. The third-order valence-corrected chi connectivity index (χ3v) is 1.96. The lowest BCUT2D eigenvalue weighted by Gasteiger charge is -2.01. The van der Waals surface area contributed by atoms with E-state index >= 15 is 0 Å². The molecule has 2 heterocycles. The van der Waals surface area contributed by atoms with Gasteiger partial charge in [-0.2, -0.15) is 0 Å². The number of aromatic nitrogens is 2. The van der Waals surface area contributed by atoms with E-state index in [0.717, 1.165) is 11.2 Å². The summed E-state index contributed by atoms with van der Waals surface area (Å²) >= 11 is 0. The van der Waals surface area contributed by atoms with Crippen LogP contribution in [-0.2, 0) is 6.61 Å². The van der Waals surface area contributed by atoms with Crippen LogP contribution in [0, 0.1) is 6.92 Å². The molecule has 0 bridgehead atoms. The van der Waals surface area contributed by atoms with E-state index in [1.165, 1.54) is 0 Å². The highest BCUT2D eigenvalue weighted by molar-refractivity contribution is 5.47. The Kier molecular flexibility index (Phi) is 1.59. The molecule has 0 radical (unpaired) electrons.